The minimum absolute atomic E-state index is 0.163. The third-order valence-corrected chi connectivity index (χ3v) is 6.37. The zero-order chi connectivity index (χ0) is 16.6. The number of aliphatic carboxylic acids is 1. The number of benzene rings is 1. The summed E-state index contributed by atoms with van der Waals surface area (Å²) in [5.74, 6) is -1.14. The van der Waals surface area contributed by atoms with Gasteiger partial charge in [-0.2, -0.15) is 4.31 Å². The molecule has 1 aliphatic rings. The van der Waals surface area contributed by atoms with E-state index in [0.717, 1.165) is 10.7 Å². The molecule has 0 radical (unpaired) electrons. The highest BCUT2D eigenvalue weighted by Gasteiger charge is 2.37. The van der Waals surface area contributed by atoms with Crippen LogP contribution in [-0.2, 0) is 14.8 Å². The van der Waals surface area contributed by atoms with Crippen LogP contribution in [0.1, 0.15) is 24.8 Å². The third-order valence-electron chi connectivity index (χ3n) is 4.27. The lowest BCUT2D eigenvalue weighted by molar-refractivity contribution is -0.137. The van der Waals surface area contributed by atoms with E-state index in [1.54, 1.807) is 37.4 Å². The number of rotatable bonds is 5. The van der Waals surface area contributed by atoms with Gasteiger partial charge in [0, 0.05) is 17.6 Å². The monoisotopic (exact) mass is 334 g/mol. The van der Waals surface area contributed by atoms with Crippen molar-refractivity contribution in [2.75, 3.05) is 6.54 Å². The van der Waals surface area contributed by atoms with Crippen LogP contribution in [0.2, 0.25) is 0 Å². The molecule has 2 aromatic rings. The molecule has 1 N–H and O–H groups in total. The number of fused-ring (bicyclic) bond motifs is 1. The van der Waals surface area contributed by atoms with Gasteiger partial charge in [0.15, 0.2) is 0 Å². The second kappa shape index (κ2) is 5.90. The molecule has 0 amide bonds. The maximum atomic E-state index is 13.2. The van der Waals surface area contributed by atoms with Crippen LogP contribution in [0.5, 0.6) is 0 Å². The predicted molar refractivity (Wildman–Crippen MR) is 85.6 cm³/mol. The lowest BCUT2D eigenvalue weighted by Gasteiger charge is -2.36. The summed E-state index contributed by atoms with van der Waals surface area (Å²) in [6, 6.07) is 6.65. The summed E-state index contributed by atoms with van der Waals surface area (Å²) < 4.78 is 27.5. The minimum Gasteiger partial charge on any atom is -0.480 e. The normalized spacial score (nSPS) is 15.7. The summed E-state index contributed by atoms with van der Waals surface area (Å²) in [5, 5.41) is 9.66. The number of aryl methyl sites for hydroxylation is 1. The van der Waals surface area contributed by atoms with Crippen LogP contribution in [-0.4, -0.2) is 41.4 Å². The van der Waals surface area contributed by atoms with Crippen molar-refractivity contribution in [1.82, 2.24) is 9.29 Å². The van der Waals surface area contributed by atoms with Crippen LogP contribution in [0.25, 0.3) is 10.9 Å². The molecule has 23 heavy (non-hydrogen) atoms. The van der Waals surface area contributed by atoms with Gasteiger partial charge in [0.2, 0.25) is 10.0 Å². The number of pyridine rings is 1. The van der Waals surface area contributed by atoms with Gasteiger partial charge in [-0.1, -0.05) is 12.5 Å². The first kappa shape index (κ1) is 15.9. The molecule has 1 heterocycles. The molecule has 6 nitrogen and oxygen atoms in total. The summed E-state index contributed by atoms with van der Waals surface area (Å²) in [6.07, 6.45) is 3.94. The molecule has 0 spiro atoms. The Kier molecular flexibility index (Phi) is 4.08. The van der Waals surface area contributed by atoms with Crippen LogP contribution >= 0.6 is 0 Å². The molecule has 3 rings (SSSR count). The van der Waals surface area contributed by atoms with Crippen molar-refractivity contribution >= 4 is 26.9 Å². The van der Waals surface area contributed by atoms with Crippen molar-refractivity contribution in [2.45, 2.75) is 37.1 Å². The Morgan fingerprint density at radius 2 is 2.09 bits per heavy atom. The van der Waals surface area contributed by atoms with Gasteiger partial charge in [0.25, 0.3) is 0 Å². The number of nitrogens with zero attached hydrogens (tertiary/aromatic N) is 2. The first-order valence-corrected chi connectivity index (χ1v) is 8.93. The highest BCUT2D eigenvalue weighted by Crippen LogP contribution is 2.33. The van der Waals surface area contributed by atoms with Crippen LogP contribution in [0, 0.1) is 6.92 Å². The van der Waals surface area contributed by atoms with Gasteiger partial charge in [-0.15, -0.1) is 0 Å². The van der Waals surface area contributed by atoms with Crippen molar-refractivity contribution in [1.29, 1.82) is 0 Å². The van der Waals surface area contributed by atoms with Gasteiger partial charge in [0.05, 0.1) is 10.4 Å². The highest BCUT2D eigenvalue weighted by atomic mass is 32.2. The second-order valence-corrected chi connectivity index (χ2v) is 7.64. The van der Waals surface area contributed by atoms with Gasteiger partial charge < -0.3 is 5.11 Å². The molecule has 1 aliphatic carbocycles. The van der Waals surface area contributed by atoms with Crippen LogP contribution < -0.4 is 0 Å². The van der Waals surface area contributed by atoms with Crippen molar-refractivity contribution in [3.63, 3.8) is 0 Å². The molecule has 1 aromatic carbocycles. The van der Waals surface area contributed by atoms with Gasteiger partial charge in [0.1, 0.15) is 6.54 Å². The number of carboxylic acid groups (broad SMARTS) is 1. The molecule has 7 heteroatoms. The molecule has 0 atom stereocenters. The number of sulfonamides is 1. The van der Waals surface area contributed by atoms with E-state index in [1.807, 2.05) is 0 Å². The molecule has 0 saturated heterocycles. The zero-order valence-electron chi connectivity index (χ0n) is 12.8. The number of hydrogen-bond donors (Lipinski definition) is 1. The number of hydrogen-bond acceptors (Lipinski definition) is 4. The quantitative estimate of drug-likeness (QED) is 0.905. The second-order valence-electron chi connectivity index (χ2n) is 5.81. The first-order chi connectivity index (χ1) is 10.9. The lowest BCUT2D eigenvalue weighted by Crippen LogP contribution is -2.46. The summed E-state index contributed by atoms with van der Waals surface area (Å²) in [5.41, 5.74) is 1.18. The van der Waals surface area contributed by atoms with Gasteiger partial charge in [-0.05, 0) is 43.5 Å². The number of aromatic nitrogens is 1. The summed E-state index contributed by atoms with van der Waals surface area (Å²) in [7, 11) is -3.90. The van der Waals surface area contributed by atoms with Crippen molar-refractivity contribution < 1.29 is 18.3 Å². The smallest absolute Gasteiger partial charge is 0.318 e. The van der Waals surface area contributed by atoms with Crippen LogP contribution in [0.4, 0.5) is 0 Å². The maximum Gasteiger partial charge on any atom is 0.318 e. The Bertz CT molecular complexity index is 860. The highest BCUT2D eigenvalue weighted by molar-refractivity contribution is 7.89. The third kappa shape index (κ3) is 2.82. The van der Waals surface area contributed by atoms with Crippen molar-refractivity contribution in [2.24, 2.45) is 0 Å². The van der Waals surface area contributed by atoms with Gasteiger partial charge in [-0.25, -0.2) is 8.42 Å². The molecule has 0 unspecified atom stereocenters. The first-order valence-electron chi connectivity index (χ1n) is 7.49. The molecule has 122 valence electrons. The molecular weight excluding hydrogens is 316 g/mol. The van der Waals surface area contributed by atoms with E-state index in [4.69, 9.17) is 5.11 Å². The fraction of sp³-hybridized carbons (Fsp3) is 0.375. The summed E-state index contributed by atoms with van der Waals surface area (Å²) in [4.78, 5) is 15.5. The van der Waals surface area contributed by atoms with Crippen LogP contribution in [0.3, 0.4) is 0 Å². The van der Waals surface area contributed by atoms with Gasteiger partial charge >= 0.3 is 5.97 Å². The maximum absolute atomic E-state index is 13.2. The molecular formula is C16H18N2O4S. The largest absolute Gasteiger partial charge is 0.480 e. The average molecular weight is 334 g/mol. The van der Waals surface area contributed by atoms with E-state index in [2.05, 4.69) is 4.98 Å². The van der Waals surface area contributed by atoms with E-state index < -0.39 is 22.5 Å². The Morgan fingerprint density at radius 1 is 1.35 bits per heavy atom. The molecule has 1 aromatic heterocycles. The Labute approximate surface area is 134 Å². The fourth-order valence-corrected chi connectivity index (χ4v) is 4.96. The topological polar surface area (TPSA) is 87.6 Å². The Morgan fingerprint density at radius 3 is 2.70 bits per heavy atom. The molecule has 0 bridgehead atoms. The van der Waals surface area contributed by atoms with Crippen molar-refractivity contribution in [3.8, 4) is 0 Å². The number of carbonyl (C=O) groups is 1. The average Bonchev–Trinajstić information content (AvgIpc) is 2.43. The molecule has 1 saturated carbocycles. The van der Waals surface area contributed by atoms with E-state index in [-0.39, 0.29) is 10.9 Å². The van der Waals surface area contributed by atoms with Crippen LogP contribution in [0.15, 0.2) is 35.4 Å². The molecule has 0 aliphatic heterocycles. The standard InChI is InChI=1S/C16H18N2O4S/c1-11-7-8-14-13(6-3-9-17-14)16(11)23(21,22)18(10-15(19)20)12-4-2-5-12/h3,6-9,12H,2,4-5,10H2,1H3,(H,19,20). The molecule has 1 fully saturated rings. The fourth-order valence-electron chi connectivity index (χ4n) is 2.91. The summed E-state index contributed by atoms with van der Waals surface area (Å²) in [6.45, 7) is 1.21. The number of carboxylic acids is 1. The SMILES string of the molecule is Cc1ccc2ncccc2c1S(=O)(=O)N(CC(=O)O)C1CCC1. The Hall–Kier alpha value is -1.99. The zero-order valence-corrected chi connectivity index (χ0v) is 13.6. The predicted octanol–water partition coefficient (Wildman–Crippen LogP) is 2.17. The van der Waals surface area contributed by atoms with Gasteiger partial charge in [-0.3, -0.25) is 9.78 Å². The minimum atomic E-state index is -3.90. The summed E-state index contributed by atoms with van der Waals surface area (Å²) >= 11 is 0. The Balaban J connectivity index is 2.18. The van der Waals surface area contributed by atoms with E-state index in [0.29, 0.717) is 29.3 Å². The lowest BCUT2D eigenvalue weighted by atomic mass is 9.93. The van der Waals surface area contributed by atoms with E-state index in [1.165, 1.54) is 0 Å². The van der Waals surface area contributed by atoms with E-state index in [9.17, 15) is 13.2 Å². The van der Waals surface area contributed by atoms with Crippen molar-refractivity contribution in [3.05, 3.63) is 36.0 Å². The van der Waals surface area contributed by atoms with E-state index >= 15 is 0 Å².